The Hall–Kier alpha value is -0.353. The van der Waals surface area contributed by atoms with Gasteiger partial charge >= 0.3 is 0 Å². The molecule has 3 nitrogen and oxygen atoms in total. The average Bonchev–Trinajstić information content (AvgIpc) is 1.83. The van der Waals surface area contributed by atoms with Crippen LogP contribution in [-0.2, 0) is 9.22 Å². The Morgan fingerprint density at radius 3 is 2.88 bits per heavy atom. The number of amides is 1. The molecule has 0 aromatic rings. The highest BCUT2D eigenvalue weighted by atomic mass is 28.2. The molecule has 1 amide bonds. The van der Waals surface area contributed by atoms with E-state index < -0.39 is 0 Å². The molecule has 0 heterocycles. The third kappa shape index (κ3) is 3.82. The van der Waals surface area contributed by atoms with E-state index in [0.717, 1.165) is 6.41 Å². The number of hydrogen-bond donors (Lipinski definition) is 0. The first kappa shape index (κ1) is 7.65. The molecule has 0 atom stereocenters. The molecule has 0 saturated carbocycles. The van der Waals surface area contributed by atoms with Gasteiger partial charge in [0.1, 0.15) is 0 Å². The minimum atomic E-state index is 0.397. The monoisotopic (exact) mass is 131 g/mol. The molecule has 2 radical (unpaired) electrons. The molecule has 0 aromatic heterocycles. The van der Waals surface area contributed by atoms with E-state index in [1.807, 2.05) is 0 Å². The number of nitrogens with zero attached hydrogens (tertiary/aromatic N) is 1. The molecular weight excluding hydrogens is 122 g/mol. The fraction of sp³-hybridized carbons (Fsp3) is 0.750. The van der Waals surface area contributed by atoms with Crippen LogP contribution in [0.3, 0.4) is 0 Å². The summed E-state index contributed by atoms with van der Waals surface area (Å²) in [5, 5.41) is 0. The van der Waals surface area contributed by atoms with Crippen LogP contribution in [0.5, 0.6) is 0 Å². The van der Waals surface area contributed by atoms with Gasteiger partial charge in [-0.25, -0.2) is 0 Å². The van der Waals surface area contributed by atoms with E-state index in [-0.39, 0.29) is 0 Å². The van der Waals surface area contributed by atoms with Crippen LogP contribution in [0.25, 0.3) is 0 Å². The first-order chi connectivity index (χ1) is 3.81. The maximum absolute atomic E-state index is 9.89. The lowest BCUT2D eigenvalue weighted by Gasteiger charge is -2.05. The van der Waals surface area contributed by atoms with Gasteiger partial charge in [0.05, 0.1) is 0 Å². The Morgan fingerprint density at radius 1 is 1.88 bits per heavy atom. The van der Waals surface area contributed by atoms with Crippen molar-refractivity contribution in [1.29, 1.82) is 0 Å². The van der Waals surface area contributed by atoms with Gasteiger partial charge in [0.2, 0.25) is 6.41 Å². The molecule has 0 saturated heterocycles. The van der Waals surface area contributed by atoms with Crippen LogP contribution in [0.2, 0.25) is 0 Å². The molecule has 0 rings (SSSR count). The molecule has 0 aliphatic heterocycles. The highest BCUT2D eigenvalue weighted by molar-refractivity contribution is 6.27. The molecule has 0 bridgehead atoms. The highest BCUT2D eigenvalue weighted by Gasteiger charge is 1.91. The van der Waals surface area contributed by atoms with Crippen molar-refractivity contribution in [2.75, 3.05) is 20.3 Å². The van der Waals surface area contributed by atoms with Gasteiger partial charge in [0.15, 0.2) is 0 Å². The van der Waals surface area contributed by atoms with Crippen molar-refractivity contribution in [3.8, 4) is 0 Å². The molecule has 0 aliphatic carbocycles. The predicted octanol–water partition coefficient (Wildman–Crippen LogP) is -0.702. The van der Waals surface area contributed by atoms with Crippen molar-refractivity contribution in [2.45, 2.75) is 0 Å². The Balaban J connectivity index is 2.98. The summed E-state index contributed by atoms with van der Waals surface area (Å²) >= 11 is 0. The lowest BCUT2D eigenvalue weighted by atomic mass is 11.0. The first-order valence-electron chi connectivity index (χ1n) is 2.22. The Bertz CT molecular complexity index is 69.1. The van der Waals surface area contributed by atoms with Crippen LogP contribution in [0.4, 0.5) is 0 Å². The van der Waals surface area contributed by atoms with E-state index in [1.165, 1.54) is 0 Å². The predicted molar refractivity (Wildman–Crippen MR) is 31.5 cm³/mol. The third-order valence-electron chi connectivity index (χ3n) is 0.638. The largest absolute Gasteiger partial charge is 0.419 e. The van der Waals surface area contributed by atoms with E-state index in [1.54, 1.807) is 19.1 Å². The molecule has 0 spiro atoms. The second-order valence-electron chi connectivity index (χ2n) is 1.37. The summed E-state index contributed by atoms with van der Waals surface area (Å²) in [6.07, 6.45) is 1.48. The molecule has 0 unspecified atom stereocenters. The molecule has 0 N–H and O–H groups in total. The van der Waals surface area contributed by atoms with Crippen molar-refractivity contribution >= 4 is 16.2 Å². The van der Waals surface area contributed by atoms with E-state index >= 15 is 0 Å². The maximum Gasteiger partial charge on any atom is 0.250 e. The summed E-state index contributed by atoms with van der Waals surface area (Å²) in [7, 11) is 3.74. The molecule has 0 aromatic carbocycles. The standard InChI is InChI=1S/C4H9NO2Si/c1-5(3-6)4-8-7-2/h3H,4H2,1-2H3. The summed E-state index contributed by atoms with van der Waals surface area (Å²) in [5.74, 6) is 0. The van der Waals surface area contributed by atoms with Crippen LogP contribution in [0.1, 0.15) is 0 Å². The van der Waals surface area contributed by atoms with Crippen LogP contribution in [0.15, 0.2) is 0 Å². The van der Waals surface area contributed by atoms with E-state index in [4.69, 9.17) is 4.43 Å². The number of carbonyl (C=O) groups is 1. The fourth-order valence-corrected chi connectivity index (χ4v) is 0.611. The second kappa shape index (κ2) is 4.80. The normalized spacial score (nSPS) is 8.75. The Labute approximate surface area is 51.6 Å². The first-order valence-corrected chi connectivity index (χ1v) is 3.34. The van der Waals surface area contributed by atoms with Crippen LogP contribution in [-0.4, -0.2) is 41.4 Å². The minimum absolute atomic E-state index is 0.397. The van der Waals surface area contributed by atoms with Crippen molar-refractivity contribution in [1.82, 2.24) is 4.90 Å². The zero-order chi connectivity index (χ0) is 6.41. The SMILES string of the molecule is CO[Si]CN(C)C=O. The summed E-state index contributed by atoms with van der Waals surface area (Å²) < 4.78 is 4.74. The van der Waals surface area contributed by atoms with Gasteiger partial charge in [0.25, 0.3) is 9.76 Å². The van der Waals surface area contributed by atoms with Gasteiger partial charge in [-0.15, -0.1) is 0 Å². The smallest absolute Gasteiger partial charge is 0.250 e. The lowest BCUT2D eigenvalue weighted by molar-refractivity contribution is -0.116. The lowest BCUT2D eigenvalue weighted by Crippen LogP contribution is -2.22. The molecule has 46 valence electrons. The van der Waals surface area contributed by atoms with Crippen LogP contribution >= 0.6 is 0 Å². The van der Waals surface area contributed by atoms with E-state index in [9.17, 15) is 4.79 Å². The van der Waals surface area contributed by atoms with E-state index in [0.29, 0.717) is 15.9 Å². The van der Waals surface area contributed by atoms with Gasteiger partial charge in [-0.2, -0.15) is 0 Å². The van der Waals surface area contributed by atoms with Crippen molar-refractivity contribution in [3.63, 3.8) is 0 Å². The summed E-state index contributed by atoms with van der Waals surface area (Å²) in [4.78, 5) is 11.4. The van der Waals surface area contributed by atoms with Crippen LogP contribution in [0, 0.1) is 0 Å². The zero-order valence-electron chi connectivity index (χ0n) is 5.05. The number of rotatable bonds is 4. The zero-order valence-corrected chi connectivity index (χ0v) is 6.05. The fourth-order valence-electron chi connectivity index (χ4n) is 0.204. The Morgan fingerprint density at radius 2 is 2.50 bits per heavy atom. The molecular formula is C4H9NO2Si. The Kier molecular flexibility index (Phi) is 4.59. The second-order valence-corrected chi connectivity index (χ2v) is 2.38. The van der Waals surface area contributed by atoms with Gasteiger partial charge in [-0.3, -0.25) is 4.79 Å². The maximum atomic E-state index is 9.89. The number of hydrogen-bond acceptors (Lipinski definition) is 2. The molecule has 4 heteroatoms. The topological polar surface area (TPSA) is 29.5 Å². The van der Waals surface area contributed by atoms with Crippen LogP contribution < -0.4 is 0 Å². The minimum Gasteiger partial charge on any atom is -0.419 e. The summed E-state index contributed by atoms with van der Waals surface area (Å²) in [5.41, 5.74) is 0. The molecule has 0 fully saturated rings. The number of carbonyl (C=O) groups excluding carboxylic acids is 1. The van der Waals surface area contributed by atoms with Crippen molar-refractivity contribution in [3.05, 3.63) is 0 Å². The quantitative estimate of drug-likeness (QED) is 0.373. The summed E-state index contributed by atoms with van der Waals surface area (Å²) in [6.45, 7) is 0. The molecule has 0 aliphatic rings. The van der Waals surface area contributed by atoms with Gasteiger partial charge in [-0.05, 0) is 0 Å². The van der Waals surface area contributed by atoms with E-state index in [2.05, 4.69) is 0 Å². The van der Waals surface area contributed by atoms with Crippen molar-refractivity contribution < 1.29 is 9.22 Å². The van der Waals surface area contributed by atoms with Crippen molar-refractivity contribution in [2.24, 2.45) is 0 Å². The highest BCUT2D eigenvalue weighted by Crippen LogP contribution is 1.70. The van der Waals surface area contributed by atoms with Gasteiger partial charge in [-0.1, -0.05) is 0 Å². The summed E-state index contributed by atoms with van der Waals surface area (Å²) in [6, 6.07) is 0. The third-order valence-corrected chi connectivity index (χ3v) is 1.55. The average molecular weight is 131 g/mol. The molecule has 8 heavy (non-hydrogen) atoms. The van der Waals surface area contributed by atoms with Gasteiger partial charge < -0.3 is 9.33 Å². The van der Waals surface area contributed by atoms with Gasteiger partial charge in [0, 0.05) is 20.3 Å².